The van der Waals surface area contributed by atoms with Crippen LogP contribution in [0, 0.1) is 17.6 Å². The van der Waals surface area contributed by atoms with E-state index in [0.717, 1.165) is 12.5 Å². The van der Waals surface area contributed by atoms with Gasteiger partial charge in [0.1, 0.15) is 0 Å². The Morgan fingerprint density at radius 2 is 2.06 bits per heavy atom. The summed E-state index contributed by atoms with van der Waals surface area (Å²) in [4.78, 5) is 3.70. The summed E-state index contributed by atoms with van der Waals surface area (Å²) in [5.74, 6) is 3.38. The topological polar surface area (TPSA) is 83.2 Å². The first-order chi connectivity index (χ1) is 8.62. The van der Waals surface area contributed by atoms with Crippen LogP contribution in [0.15, 0.2) is 6.07 Å². The zero-order valence-corrected chi connectivity index (χ0v) is 10.2. The van der Waals surface area contributed by atoms with E-state index < -0.39 is 11.6 Å². The molecular weight excluding hydrogens is 242 g/mol. The molecule has 0 spiro atoms. The Bertz CT molecular complexity index is 390. The SMILES string of the molecule is CCC(CCO)CNc1nc(NN)c(F)cc1F. The van der Waals surface area contributed by atoms with E-state index in [-0.39, 0.29) is 24.2 Å². The van der Waals surface area contributed by atoms with Crippen LogP contribution in [0.1, 0.15) is 19.8 Å². The molecule has 1 unspecified atom stereocenters. The van der Waals surface area contributed by atoms with E-state index in [2.05, 4.69) is 15.7 Å². The van der Waals surface area contributed by atoms with Gasteiger partial charge in [-0.2, -0.15) is 0 Å². The van der Waals surface area contributed by atoms with Crippen molar-refractivity contribution in [1.82, 2.24) is 4.98 Å². The summed E-state index contributed by atoms with van der Waals surface area (Å²) < 4.78 is 26.5. The van der Waals surface area contributed by atoms with Gasteiger partial charge in [-0.15, -0.1) is 0 Å². The number of aromatic nitrogens is 1. The number of aliphatic hydroxyl groups is 1. The van der Waals surface area contributed by atoms with Crippen molar-refractivity contribution >= 4 is 11.6 Å². The van der Waals surface area contributed by atoms with Gasteiger partial charge in [-0.3, -0.25) is 0 Å². The Labute approximate surface area is 104 Å². The largest absolute Gasteiger partial charge is 0.396 e. The number of nitrogens with one attached hydrogen (secondary N) is 2. The third kappa shape index (κ3) is 3.78. The van der Waals surface area contributed by atoms with E-state index >= 15 is 0 Å². The molecule has 0 aliphatic carbocycles. The van der Waals surface area contributed by atoms with Gasteiger partial charge in [-0.25, -0.2) is 19.6 Å². The van der Waals surface area contributed by atoms with E-state index in [1.165, 1.54) is 0 Å². The average molecular weight is 260 g/mol. The van der Waals surface area contributed by atoms with Gasteiger partial charge in [-0.05, 0) is 12.3 Å². The summed E-state index contributed by atoms with van der Waals surface area (Å²) >= 11 is 0. The number of nitrogens with zero attached hydrogens (tertiary/aromatic N) is 1. The second kappa shape index (κ2) is 7.07. The number of hydrogen-bond acceptors (Lipinski definition) is 5. The molecule has 0 saturated carbocycles. The van der Waals surface area contributed by atoms with E-state index in [1.54, 1.807) is 0 Å². The normalized spacial score (nSPS) is 12.3. The summed E-state index contributed by atoms with van der Waals surface area (Å²) in [7, 11) is 0. The maximum absolute atomic E-state index is 13.4. The Balaban J connectivity index is 2.72. The average Bonchev–Trinajstić information content (AvgIpc) is 2.36. The molecule has 0 aliphatic heterocycles. The van der Waals surface area contributed by atoms with E-state index in [1.807, 2.05) is 6.92 Å². The molecule has 102 valence electrons. The van der Waals surface area contributed by atoms with Crippen molar-refractivity contribution in [2.75, 3.05) is 23.9 Å². The predicted octanol–water partition coefficient (Wildman–Crippen LogP) is 1.47. The molecule has 0 fully saturated rings. The van der Waals surface area contributed by atoms with Crippen molar-refractivity contribution in [2.24, 2.45) is 11.8 Å². The zero-order chi connectivity index (χ0) is 13.5. The first-order valence-corrected chi connectivity index (χ1v) is 5.79. The predicted molar refractivity (Wildman–Crippen MR) is 65.9 cm³/mol. The molecule has 0 aromatic carbocycles. The third-order valence-electron chi connectivity index (χ3n) is 2.74. The Hall–Kier alpha value is -1.47. The summed E-state index contributed by atoms with van der Waals surface area (Å²) in [5.41, 5.74) is 2.06. The first-order valence-electron chi connectivity index (χ1n) is 5.79. The standard InChI is InChI=1S/C11H18F2N4O/c1-2-7(3-4-18)6-15-10-8(12)5-9(13)11(16-10)17-14/h5,7,18H,2-4,6,14H2,1H3,(H2,15,16,17). The summed E-state index contributed by atoms with van der Waals surface area (Å²) in [5, 5.41) is 11.6. The van der Waals surface area contributed by atoms with Crippen molar-refractivity contribution in [1.29, 1.82) is 0 Å². The zero-order valence-electron chi connectivity index (χ0n) is 10.2. The molecule has 5 N–H and O–H groups in total. The maximum Gasteiger partial charge on any atom is 0.178 e. The van der Waals surface area contributed by atoms with Gasteiger partial charge in [0.15, 0.2) is 23.3 Å². The van der Waals surface area contributed by atoms with E-state index in [0.29, 0.717) is 13.0 Å². The molecule has 0 aliphatic rings. The van der Waals surface area contributed by atoms with Crippen molar-refractivity contribution < 1.29 is 13.9 Å². The van der Waals surface area contributed by atoms with Crippen LogP contribution in [0.4, 0.5) is 20.4 Å². The van der Waals surface area contributed by atoms with Crippen LogP contribution < -0.4 is 16.6 Å². The van der Waals surface area contributed by atoms with Gasteiger partial charge in [0, 0.05) is 19.2 Å². The lowest BCUT2D eigenvalue weighted by atomic mass is 10.0. The Morgan fingerprint density at radius 3 is 2.61 bits per heavy atom. The number of nitrogen functional groups attached to an aromatic ring is 1. The number of anilines is 2. The van der Waals surface area contributed by atoms with Crippen LogP contribution in [0.5, 0.6) is 0 Å². The number of hydrogen-bond donors (Lipinski definition) is 4. The van der Waals surface area contributed by atoms with Crippen molar-refractivity contribution in [3.8, 4) is 0 Å². The van der Waals surface area contributed by atoms with Crippen LogP contribution in [-0.2, 0) is 0 Å². The lowest BCUT2D eigenvalue weighted by Crippen LogP contribution is -2.18. The lowest BCUT2D eigenvalue weighted by Gasteiger charge is -2.15. The number of halogens is 2. The Morgan fingerprint density at radius 1 is 1.39 bits per heavy atom. The molecule has 18 heavy (non-hydrogen) atoms. The van der Waals surface area contributed by atoms with Crippen LogP contribution in [-0.4, -0.2) is 23.2 Å². The minimum absolute atomic E-state index is 0.0549. The number of pyridine rings is 1. The van der Waals surface area contributed by atoms with Gasteiger partial charge < -0.3 is 15.8 Å². The summed E-state index contributed by atoms with van der Waals surface area (Å²) in [6, 6.07) is 0.720. The fourth-order valence-electron chi connectivity index (χ4n) is 1.57. The minimum atomic E-state index is -0.844. The highest BCUT2D eigenvalue weighted by atomic mass is 19.1. The smallest absolute Gasteiger partial charge is 0.178 e. The van der Waals surface area contributed by atoms with Crippen LogP contribution in [0.3, 0.4) is 0 Å². The summed E-state index contributed by atoms with van der Waals surface area (Å²) in [6.45, 7) is 2.51. The highest BCUT2D eigenvalue weighted by molar-refractivity contribution is 5.46. The van der Waals surface area contributed by atoms with E-state index in [4.69, 9.17) is 10.9 Å². The molecule has 1 aromatic rings. The van der Waals surface area contributed by atoms with Crippen LogP contribution >= 0.6 is 0 Å². The van der Waals surface area contributed by atoms with Gasteiger partial charge in [0.05, 0.1) is 0 Å². The first kappa shape index (κ1) is 14.6. The molecular formula is C11H18F2N4O. The highest BCUT2D eigenvalue weighted by Gasteiger charge is 2.12. The molecule has 0 saturated heterocycles. The molecule has 0 bridgehead atoms. The van der Waals surface area contributed by atoms with Gasteiger partial charge >= 0.3 is 0 Å². The molecule has 0 radical (unpaired) electrons. The second-order valence-electron chi connectivity index (χ2n) is 3.96. The molecule has 1 atom stereocenters. The Kier molecular flexibility index (Phi) is 5.73. The third-order valence-corrected chi connectivity index (χ3v) is 2.74. The fourth-order valence-corrected chi connectivity index (χ4v) is 1.57. The minimum Gasteiger partial charge on any atom is -0.396 e. The van der Waals surface area contributed by atoms with Gasteiger partial charge in [0.2, 0.25) is 0 Å². The van der Waals surface area contributed by atoms with Crippen molar-refractivity contribution in [2.45, 2.75) is 19.8 Å². The van der Waals surface area contributed by atoms with Gasteiger partial charge in [-0.1, -0.05) is 13.3 Å². The molecule has 1 aromatic heterocycles. The number of nitrogens with two attached hydrogens (primary N) is 1. The van der Waals surface area contributed by atoms with Crippen molar-refractivity contribution in [3.63, 3.8) is 0 Å². The summed E-state index contributed by atoms with van der Waals surface area (Å²) in [6.07, 6.45) is 1.46. The molecule has 1 heterocycles. The van der Waals surface area contributed by atoms with Crippen LogP contribution in [0.25, 0.3) is 0 Å². The molecule has 1 rings (SSSR count). The molecule has 0 amide bonds. The monoisotopic (exact) mass is 260 g/mol. The number of rotatable bonds is 7. The lowest BCUT2D eigenvalue weighted by molar-refractivity contribution is 0.258. The molecule has 5 nitrogen and oxygen atoms in total. The van der Waals surface area contributed by atoms with E-state index in [9.17, 15) is 8.78 Å². The molecule has 7 heteroatoms. The number of hydrazine groups is 1. The van der Waals surface area contributed by atoms with Gasteiger partial charge in [0.25, 0.3) is 0 Å². The maximum atomic E-state index is 13.4. The number of aliphatic hydroxyl groups excluding tert-OH is 1. The van der Waals surface area contributed by atoms with Crippen molar-refractivity contribution in [3.05, 3.63) is 17.7 Å². The highest BCUT2D eigenvalue weighted by Crippen LogP contribution is 2.19. The second-order valence-corrected chi connectivity index (χ2v) is 3.96. The fraction of sp³-hybridized carbons (Fsp3) is 0.545. The quantitative estimate of drug-likeness (QED) is 0.441. The van der Waals surface area contributed by atoms with Crippen LogP contribution in [0.2, 0.25) is 0 Å².